The second kappa shape index (κ2) is 41.3. The molecule has 5 fully saturated rings. The summed E-state index contributed by atoms with van der Waals surface area (Å²) in [6.45, 7) is 27.9. The Bertz CT molecular complexity index is 3210. The van der Waals surface area contributed by atoms with E-state index >= 15 is 0 Å². The summed E-state index contributed by atoms with van der Waals surface area (Å²) < 4.78 is 31.9. The fraction of sp³-hybridized carbons (Fsp3) is 0.605. The molecule has 0 bridgehead atoms. The molecule has 5 aliphatic rings. The van der Waals surface area contributed by atoms with Crippen LogP contribution in [-0.2, 0) is 56.0 Å². The SMILES string of the molecule is CC(C)(C)OC(=O)N1CCC(C[C@H](N)C(=O)N2CCN(c3ccncc3)CC2)CC1.CC(C)(C)OC(=O)N1CCC(C[C@H](NC(=O)OCc2ccccc2)C(=O)N2CCN(c3ccncc3)CC2)CC1.CCO.COC(=O)[C@H](CC1CCN(C(=O)OC(C)(C)C)CC1)NC(=O)OCc1ccccc1. The Labute approximate surface area is 608 Å². The highest BCUT2D eigenvalue weighted by atomic mass is 16.6. The lowest BCUT2D eigenvalue weighted by Gasteiger charge is -2.38. The first kappa shape index (κ1) is 83.0. The average molecular weight is 1440 g/mol. The first-order chi connectivity index (χ1) is 49.0. The van der Waals surface area contributed by atoms with Gasteiger partial charge in [0.15, 0.2) is 0 Å². The van der Waals surface area contributed by atoms with Crippen LogP contribution in [0.1, 0.15) is 138 Å². The summed E-state index contributed by atoms with van der Waals surface area (Å²) in [5, 5.41) is 13.0. The topological polar surface area (TPSA) is 311 Å². The molecule has 4 aromatic rings. The van der Waals surface area contributed by atoms with E-state index in [-0.39, 0.29) is 61.8 Å². The molecule has 3 atom stereocenters. The number of amides is 7. The van der Waals surface area contributed by atoms with Crippen molar-refractivity contribution in [1.82, 2.24) is 45.1 Å². The van der Waals surface area contributed by atoms with Crippen molar-refractivity contribution in [3.8, 4) is 0 Å². The van der Waals surface area contributed by atoms with Gasteiger partial charge in [-0.25, -0.2) is 28.8 Å². The van der Waals surface area contributed by atoms with E-state index in [9.17, 15) is 38.4 Å². The van der Waals surface area contributed by atoms with Crippen LogP contribution in [0.5, 0.6) is 0 Å². The number of nitrogens with zero attached hydrogens (tertiary/aromatic N) is 9. The number of ether oxygens (including phenoxy) is 6. The van der Waals surface area contributed by atoms with Crippen molar-refractivity contribution < 1.29 is 71.9 Å². The van der Waals surface area contributed by atoms with Crippen LogP contribution in [0.25, 0.3) is 0 Å². The van der Waals surface area contributed by atoms with Gasteiger partial charge in [-0.1, -0.05) is 60.7 Å². The lowest BCUT2D eigenvalue weighted by molar-refractivity contribution is -0.143. The Balaban J connectivity index is 0.000000242. The summed E-state index contributed by atoms with van der Waals surface area (Å²) >= 11 is 0. The van der Waals surface area contributed by atoms with Crippen LogP contribution in [0.2, 0.25) is 0 Å². The van der Waals surface area contributed by atoms with E-state index in [1.165, 1.54) is 7.11 Å². The Morgan fingerprint density at radius 3 is 1.10 bits per heavy atom. The van der Waals surface area contributed by atoms with Crippen LogP contribution in [-0.4, -0.2) is 228 Å². The van der Waals surface area contributed by atoms with Gasteiger partial charge in [-0.2, -0.15) is 0 Å². The van der Waals surface area contributed by atoms with Gasteiger partial charge in [0.1, 0.15) is 42.1 Å². The third kappa shape index (κ3) is 30.1. The number of carbonyl (C=O) groups is 8. The summed E-state index contributed by atoms with van der Waals surface area (Å²) in [6.07, 6.45) is 11.1. The lowest BCUT2D eigenvalue weighted by atomic mass is 9.89. The molecule has 0 aliphatic carbocycles. The van der Waals surface area contributed by atoms with Gasteiger partial charge in [0.2, 0.25) is 11.8 Å². The second-order valence-corrected chi connectivity index (χ2v) is 29.4. The molecule has 0 radical (unpaired) electrons. The summed E-state index contributed by atoms with van der Waals surface area (Å²) in [5.74, 6) is 0.143. The molecule has 5 N–H and O–H groups in total. The molecule has 27 heteroatoms. The van der Waals surface area contributed by atoms with Crippen molar-refractivity contribution in [2.75, 3.05) is 115 Å². The molecular formula is C76H114N12O15. The van der Waals surface area contributed by atoms with E-state index in [1.54, 1.807) is 46.4 Å². The van der Waals surface area contributed by atoms with Crippen molar-refractivity contribution in [2.24, 2.45) is 23.5 Å². The van der Waals surface area contributed by atoms with Crippen LogP contribution in [0.3, 0.4) is 0 Å². The number of esters is 1. The minimum absolute atomic E-state index is 0.0407. The van der Waals surface area contributed by atoms with Gasteiger partial charge in [0.05, 0.1) is 13.2 Å². The molecular weight excluding hydrogens is 1320 g/mol. The zero-order chi connectivity index (χ0) is 75.1. The molecule has 0 saturated carbocycles. The van der Waals surface area contributed by atoms with Gasteiger partial charge in [-0.3, -0.25) is 19.6 Å². The van der Waals surface area contributed by atoms with Gasteiger partial charge in [-0.15, -0.1) is 0 Å². The molecule has 2 aromatic heterocycles. The largest absolute Gasteiger partial charge is 0.467 e. The van der Waals surface area contributed by atoms with E-state index < -0.39 is 53.1 Å². The smallest absolute Gasteiger partial charge is 0.410 e. The van der Waals surface area contributed by atoms with Crippen molar-refractivity contribution >= 4 is 59.6 Å². The number of hydrogen-bond donors (Lipinski definition) is 4. The maximum Gasteiger partial charge on any atom is 0.410 e. The first-order valence-electron chi connectivity index (χ1n) is 36.2. The van der Waals surface area contributed by atoms with E-state index in [1.807, 2.05) is 157 Å². The maximum absolute atomic E-state index is 13.7. The zero-order valence-electron chi connectivity index (χ0n) is 62.5. The molecule has 7 heterocycles. The molecule has 9 rings (SSSR count). The number of hydrogen-bond acceptors (Lipinski definition) is 20. The van der Waals surface area contributed by atoms with Crippen LogP contribution in [0, 0.1) is 17.8 Å². The summed E-state index contributed by atoms with van der Waals surface area (Å²) in [5.41, 5.74) is 8.68. The fourth-order valence-electron chi connectivity index (χ4n) is 12.5. The standard InChI is InChI=1S/C30H41N5O5.C22H35N5O3.C22H32N2O6.C2H6O/c1-30(2,3)40-29(38)35-15-11-23(12-16-35)21-26(32-28(37)39-22-24-7-5-4-6-8-24)27(36)34-19-17-33(18-20-34)25-9-13-31-14-10-25;1-22(2,3)30-21(29)27-10-6-17(7-11-27)16-19(23)20(28)26-14-12-25(13-15-26)18-4-8-24-9-5-18;1-22(2,3)30-21(27)24-12-10-16(11-13-24)14-18(19(25)28-4)23-20(26)29-15-17-8-6-5-7-9-17;1-2-3/h4-10,13-14,23,26H,11-12,15-22H2,1-3H3,(H,32,37);4-5,8-9,17,19H,6-7,10-16,23H2,1-3H3;5-9,16,18H,10-15H2,1-4H3,(H,23,26);3H,2H2,1H3/t26-;19-;18-;/m000./s1. The minimum Gasteiger partial charge on any atom is -0.467 e. The van der Waals surface area contributed by atoms with E-state index in [4.69, 9.17) is 39.3 Å². The molecule has 0 spiro atoms. The zero-order valence-corrected chi connectivity index (χ0v) is 62.5. The predicted octanol–water partition coefficient (Wildman–Crippen LogP) is 9.65. The number of nitrogens with two attached hydrogens (primary N) is 1. The van der Waals surface area contributed by atoms with E-state index in [2.05, 4.69) is 30.4 Å². The summed E-state index contributed by atoms with van der Waals surface area (Å²) in [4.78, 5) is 122. The molecule has 0 unspecified atom stereocenters. The molecule has 27 nitrogen and oxygen atoms in total. The molecule has 5 saturated heterocycles. The lowest BCUT2D eigenvalue weighted by Crippen LogP contribution is -2.55. The number of pyridine rings is 2. The van der Waals surface area contributed by atoms with Crippen molar-refractivity contribution in [3.63, 3.8) is 0 Å². The Morgan fingerprint density at radius 2 is 0.767 bits per heavy atom. The molecule has 5 aliphatic heterocycles. The van der Waals surface area contributed by atoms with Crippen molar-refractivity contribution in [1.29, 1.82) is 0 Å². The molecule has 103 heavy (non-hydrogen) atoms. The Kier molecular flexibility index (Phi) is 33.3. The molecule has 2 aromatic carbocycles. The van der Waals surface area contributed by atoms with Crippen molar-refractivity contribution in [2.45, 2.75) is 175 Å². The van der Waals surface area contributed by atoms with Crippen LogP contribution in [0.4, 0.5) is 35.3 Å². The number of piperazine rings is 2. The number of alkyl carbamates (subject to hydrolysis) is 2. The second-order valence-electron chi connectivity index (χ2n) is 29.4. The number of likely N-dealkylation sites (tertiary alicyclic amines) is 3. The highest BCUT2D eigenvalue weighted by Gasteiger charge is 2.37. The van der Waals surface area contributed by atoms with E-state index in [0.717, 1.165) is 61.3 Å². The number of carbonyl (C=O) groups excluding carboxylic acids is 8. The Hall–Kier alpha value is -8.98. The number of benzene rings is 2. The number of methoxy groups -OCH3 is 1. The third-order valence-electron chi connectivity index (χ3n) is 17.9. The number of rotatable bonds is 17. The van der Waals surface area contributed by atoms with Crippen molar-refractivity contribution in [3.05, 3.63) is 121 Å². The van der Waals surface area contributed by atoms with E-state index in [0.29, 0.717) is 117 Å². The first-order valence-corrected chi connectivity index (χ1v) is 36.2. The normalized spacial score (nSPS) is 17.2. The van der Waals surface area contributed by atoms with Gasteiger partial charge in [-0.05, 0) is 180 Å². The summed E-state index contributed by atoms with van der Waals surface area (Å²) in [6, 6.07) is 24.7. The summed E-state index contributed by atoms with van der Waals surface area (Å²) in [7, 11) is 1.29. The number of anilines is 2. The monoisotopic (exact) mass is 1430 g/mol. The maximum atomic E-state index is 13.7. The highest BCUT2D eigenvalue weighted by molar-refractivity contribution is 5.86. The predicted molar refractivity (Wildman–Crippen MR) is 391 cm³/mol. The number of nitrogens with one attached hydrogen (secondary N) is 2. The van der Waals surface area contributed by atoms with Gasteiger partial charge < -0.3 is 84.2 Å². The number of piperidine rings is 3. The van der Waals surface area contributed by atoms with Crippen LogP contribution < -0.4 is 26.2 Å². The Morgan fingerprint density at radius 1 is 0.456 bits per heavy atom. The third-order valence-corrected chi connectivity index (χ3v) is 17.9. The number of aliphatic hydroxyl groups excluding tert-OH is 1. The quantitative estimate of drug-likeness (QED) is 0.0564. The fourth-order valence-corrected chi connectivity index (χ4v) is 12.5. The van der Waals surface area contributed by atoms with Crippen LogP contribution in [0.15, 0.2) is 110 Å². The highest BCUT2D eigenvalue weighted by Crippen LogP contribution is 2.29. The average Bonchev–Trinajstić information content (AvgIpc) is 0.839. The van der Waals surface area contributed by atoms with Gasteiger partial charge in [0.25, 0.3) is 0 Å². The minimum atomic E-state index is -0.795. The molecule has 568 valence electrons. The number of aromatic nitrogens is 2. The van der Waals surface area contributed by atoms with Crippen LogP contribution >= 0.6 is 0 Å². The van der Waals surface area contributed by atoms with Gasteiger partial charge in [0, 0.05) is 134 Å². The molecule has 7 amide bonds. The van der Waals surface area contributed by atoms with Gasteiger partial charge >= 0.3 is 36.4 Å². The number of aliphatic hydroxyl groups is 1.